The molecule has 0 aromatic carbocycles. The predicted octanol–water partition coefficient (Wildman–Crippen LogP) is 1.79. The molecule has 9 heteroatoms. The molecule has 30 heavy (non-hydrogen) atoms. The van der Waals surface area contributed by atoms with Crippen LogP contribution in [0.2, 0.25) is 0 Å². The zero-order valence-corrected chi connectivity index (χ0v) is 16.9. The van der Waals surface area contributed by atoms with E-state index in [0.717, 1.165) is 0 Å². The second-order valence-electron chi connectivity index (χ2n) is 7.28. The van der Waals surface area contributed by atoms with E-state index in [1.165, 1.54) is 32.9 Å². The predicted molar refractivity (Wildman–Crippen MR) is 105 cm³/mol. The molecule has 160 valence electrons. The van der Waals surface area contributed by atoms with Gasteiger partial charge in [0.2, 0.25) is 11.7 Å². The normalized spacial score (nSPS) is 30.9. The number of amides is 1. The van der Waals surface area contributed by atoms with E-state index in [4.69, 9.17) is 9.84 Å². The standard InChI is InChI=1S/C21H23NO8/c1-5-6-7-8-12(23)15-16(27)11(2)18(28)21(4)17(15)20(3,19(29)30-21)22-13(24)9-10-14(25)26/h5-10,17,23,27H,1-4H3,(H,22,24)(H,25,26)/b6-5+,8-7+,10-9+,15-12+. The lowest BCUT2D eigenvalue weighted by Crippen LogP contribution is -2.59. The molecule has 1 amide bonds. The van der Waals surface area contributed by atoms with Gasteiger partial charge in [-0.15, -0.1) is 0 Å². The Kier molecular flexibility index (Phi) is 6.06. The van der Waals surface area contributed by atoms with Gasteiger partial charge >= 0.3 is 11.9 Å². The third kappa shape index (κ3) is 3.66. The van der Waals surface area contributed by atoms with Gasteiger partial charge in [0.05, 0.1) is 5.92 Å². The van der Waals surface area contributed by atoms with Crippen molar-refractivity contribution >= 4 is 23.6 Å². The molecule has 3 atom stereocenters. The van der Waals surface area contributed by atoms with Gasteiger partial charge in [0.15, 0.2) is 5.60 Å². The first-order chi connectivity index (χ1) is 13.9. The first-order valence-electron chi connectivity index (χ1n) is 9.04. The zero-order chi connectivity index (χ0) is 22.9. The molecule has 1 saturated heterocycles. The maximum atomic E-state index is 12.9. The Labute approximate surface area is 172 Å². The molecule has 0 spiro atoms. The summed E-state index contributed by atoms with van der Waals surface area (Å²) in [5, 5.41) is 32.3. The molecule has 1 aliphatic carbocycles. The van der Waals surface area contributed by atoms with E-state index in [1.807, 2.05) is 0 Å². The van der Waals surface area contributed by atoms with Crippen LogP contribution in [-0.4, -0.2) is 50.1 Å². The molecule has 2 aliphatic rings. The van der Waals surface area contributed by atoms with Gasteiger partial charge in [-0.2, -0.15) is 0 Å². The zero-order valence-electron chi connectivity index (χ0n) is 16.9. The van der Waals surface area contributed by atoms with Crippen molar-refractivity contribution in [2.45, 2.75) is 38.8 Å². The summed E-state index contributed by atoms with van der Waals surface area (Å²) in [6.07, 6.45) is 7.36. The minimum absolute atomic E-state index is 0.108. The van der Waals surface area contributed by atoms with Crippen molar-refractivity contribution in [3.8, 4) is 0 Å². The molecular weight excluding hydrogens is 394 g/mol. The molecule has 9 nitrogen and oxygen atoms in total. The number of hydrogen-bond donors (Lipinski definition) is 4. The third-order valence-corrected chi connectivity index (χ3v) is 5.14. The van der Waals surface area contributed by atoms with Gasteiger partial charge < -0.3 is 25.4 Å². The summed E-state index contributed by atoms with van der Waals surface area (Å²) in [6, 6.07) is 0. The van der Waals surface area contributed by atoms with Crippen molar-refractivity contribution in [3.63, 3.8) is 0 Å². The molecular formula is C21H23NO8. The Morgan fingerprint density at radius 2 is 1.73 bits per heavy atom. The number of fused-ring (bicyclic) bond motifs is 1. The van der Waals surface area contributed by atoms with Gasteiger partial charge in [0.1, 0.15) is 17.1 Å². The number of carboxylic acid groups (broad SMARTS) is 1. The molecule has 1 aliphatic heterocycles. The summed E-state index contributed by atoms with van der Waals surface area (Å²) in [5.41, 5.74) is -3.93. The number of aliphatic carboxylic acids is 1. The smallest absolute Gasteiger partial charge is 0.333 e. The number of ether oxygens (including phenoxy) is 1. The monoisotopic (exact) mass is 417 g/mol. The number of ketones is 1. The Morgan fingerprint density at radius 3 is 2.30 bits per heavy atom. The number of aliphatic hydroxyl groups is 2. The van der Waals surface area contributed by atoms with E-state index in [2.05, 4.69) is 5.32 Å². The van der Waals surface area contributed by atoms with Gasteiger partial charge in [0.25, 0.3) is 0 Å². The van der Waals surface area contributed by atoms with E-state index in [9.17, 15) is 29.4 Å². The van der Waals surface area contributed by atoms with E-state index in [1.54, 1.807) is 19.1 Å². The second kappa shape index (κ2) is 8.02. The lowest BCUT2D eigenvalue weighted by Gasteiger charge is -2.39. The molecule has 0 saturated carbocycles. The summed E-state index contributed by atoms with van der Waals surface area (Å²) in [7, 11) is 0. The highest BCUT2D eigenvalue weighted by Gasteiger charge is 2.68. The largest absolute Gasteiger partial charge is 0.508 e. The van der Waals surface area contributed by atoms with E-state index in [0.29, 0.717) is 12.2 Å². The molecule has 0 aromatic heterocycles. The number of carbonyl (C=O) groups excluding carboxylic acids is 3. The summed E-state index contributed by atoms with van der Waals surface area (Å²) < 4.78 is 5.36. The third-order valence-electron chi connectivity index (χ3n) is 5.14. The molecule has 4 N–H and O–H groups in total. The van der Waals surface area contributed by atoms with E-state index in [-0.39, 0.29) is 11.1 Å². The summed E-state index contributed by atoms with van der Waals surface area (Å²) in [4.78, 5) is 48.5. The molecule has 1 fully saturated rings. The first kappa shape index (κ1) is 22.7. The summed E-state index contributed by atoms with van der Waals surface area (Å²) in [6.45, 7) is 5.70. The average Bonchev–Trinajstić information content (AvgIpc) is 2.86. The van der Waals surface area contributed by atoms with Crippen molar-refractivity contribution in [3.05, 3.63) is 59.1 Å². The first-order valence-corrected chi connectivity index (χ1v) is 9.04. The van der Waals surface area contributed by atoms with Crippen LogP contribution < -0.4 is 5.32 Å². The van der Waals surface area contributed by atoms with Gasteiger partial charge in [-0.05, 0) is 33.8 Å². The van der Waals surface area contributed by atoms with Gasteiger partial charge in [-0.1, -0.05) is 18.2 Å². The maximum Gasteiger partial charge on any atom is 0.333 e. The molecule has 0 aromatic rings. The summed E-state index contributed by atoms with van der Waals surface area (Å²) in [5.74, 6) is -6.17. The second-order valence-corrected chi connectivity index (χ2v) is 7.28. The highest BCUT2D eigenvalue weighted by atomic mass is 16.6. The lowest BCUT2D eigenvalue weighted by atomic mass is 9.65. The van der Waals surface area contributed by atoms with E-state index >= 15 is 0 Å². The number of rotatable bonds is 5. The number of nitrogens with one attached hydrogen (secondary N) is 1. The van der Waals surface area contributed by atoms with Crippen LogP contribution in [0.1, 0.15) is 27.7 Å². The highest BCUT2D eigenvalue weighted by molar-refractivity contribution is 6.09. The van der Waals surface area contributed by atoms with Crippen LogP contribution in [0, 0.1) is 5.92 Å². The van der Waals surface area contributed by atoms with Crippen molar-refractivity contribution in [2.24, 2.45) is 5.92 Å². The van der Waals surface area contributed by atoms with Gasteiger partial charge in [-0.3, -0.25) is 9.59 Å². The quantitative estimate of drug-likeness (QED) is 0.229. The van der Waals surface area contributed by atoms with Crippen LogP contribution in [0.4, 0.5) is 0 Å². The van der Waals surface area contributed by atoms with Crippen LogP contribution in [0.15, 0.2) is 59.1 Å². The minimum Gasteiger partial charge on any atom is -0.508 e. The highest BCUT2D eigenvalue weighted by Crippen LogP contribution is 2.51. The van der Waals surface area contributed by atoms with Crippen LogP contribution in [0.5, 0.6) is 0 Å². The van der Waals surface area contributed by atoms with Crippen LogP contribution >= 0.6 is 0 Å². The molecule has 3 unspecified atom stereocenters. The Bertz CT molecular complexity index is 967. The SMILES string of the molecule is C/C=C/C=C/C(O)=C1/C(O)=C(C)C(=O)C2(C)OC(=O)C(C)(NC(=O)/C=C/C(=O)O)C12. The minimum atomic E-state index is -1.88. The Morgan fingerprint density at radius 1 is 1.10 bits per heavy atom. The fourth-order valence-electron chi connectivity index (χ4n) is 3.77. The fraction of sp³-hybridized carbons (Fsp3) is 0.333. The summed E-state index contributed by atoms with van der Waals surface area (Å²) >= 11 is 0. The maximum absolute atomic E-state index is 12.9. The molecule has 0 radical (unpaired) electrons. The van der Waals surface area contributed by atoms with Gasteiger partial charge in [-0.25, -0.2) is 9.59 Å². The molecule has 1 heterocycles. The number of aliphatic hydroxyl groups excluding tert-OH is 2. The van der Waals surface area contributed by atoms with Crippen molar-refractivity contribution in [2.75, 3.05) is 0 Å². The topological polar surface area (TPSA) is 150 Å². The van der Waals surface area contributed by atoms with Crippen molar-refractivity contribution in [1.82, 2.24) is 5.32 Å². The number of carbonyl (C=O) groups is 4. The molecule has 2 rings (SSSR count). The van der Waals surface area contributed by atoms with Gasteiger partial charge in [0, 0.05) is 23.3 Å². The fourth-order valence-corrected chi connectivity index (χ4v) is 3.77. The number of carboxylic acids is 1. The van der Waals surface area contributed by atoms with Crippen LogP contribution in [0.3, 0.4) is 0 Å². The Balaban J connectivity index is 2.69. The number of esters is 1. The number of hydrogen-bond acceptors (Lipinski definition) is 7. The Hall–Kier alpha value is -3.62. The lowest BCUT2D eigenvalue weighted by molar-refractivity contribution is -0.157. The van der Waals surface area contributed by atoms with Crippen molar-refractivity contribution in [1.29, 1.82) is 0 Å². The average molecular weight is 417 g/mol. The number of Topliss-reactive ketones (excluding diaryl/α,β-unsaturated/α-hetero) is 1. The number of allylic oxidation sites excluding steroid dienone is 5. The molecule has 0 bridgehead atoms. The van der Waals surface area contributed by atoms with E-state index < -0.39 is 52.2 Å². The van der Waals surface area contributed by atoms with Crippen molar-refractivity contribution < 1.29 is 39.2 Å². The van der Waals surface area contributed by atoms with Crippen LogP contribution in [0.25, 0.3) is 0 Å². The van der Waals surface area contributed by atoms with Crippen LogP contribution in [-0.2, 0) is 23.9 Å².